The average molecular weight is 533 g/mol. The maximum atomic E-state index is 5.92. The molecule has 0 N–H and O–H groups in total. The number of benzene rings is 3. The van der Waals surface area contributed by atoms with E-state index >= 15 is 0 Å². The van der Waals surface area contributed by atoms with Crippen LogP contribution in [0.2, 0.25) is 0 Å². The molecule has 3 aromatic rings. The summed E-state index contributed by atoms with van der Waals surface area (Å²) in [5, 5.41) is 0.904. The third-order valence-electron chi connectivity index (χ3n) is 3.50. The fourth-order valence-corrected chi connectivity index (χ4v) is 6.15. The van der Waals surface area contributed by atoms with Crippen molar-refractivity contribution in [2.75, 3.05) is 0 Å². The third-order valence-corrected chi connectivity index (χ3v) is 8.40. The Morgan fingerprint density at radius 3 is 0.964 bits per heavy atom. The SMILES string of the molecule is S=C([O][Sb]([O]C(=S)c1ccccc1)[O]C(=S)c1ccccc1)c1ccccc1. The molecule has 3 aromatic carbocycles. The second-order valence-corrected chi connectivity index (χ2v) is 9.41. The van der Waals surface area contributed by atoms with Gasteiger partial charge in [-0.3, -0.25) is 0 Å². The molecule has 0 radical (unpaired) electrons. The monoisotopic (exact) mass is 532 g/mol. The van der Waals surface area contributed by atoms with E-state index in [4.69, 9.17) is 45.7 Å². The first kappa shape index (κ1) is 20.9. The molecule has 3 rings (SSSR count). The van der Waals surface area contributed by atoms with Gasteiger partial charge in [-0.2, -0.15) is 0 Å². The van der Waals surface area contributed by atoms with Crippen molar-refractivity contribution in [1.82, 2.24) is 0 Å². The molecular formula is C21H15O3S3Sb. The quantitative estimate of drug-likeness (QED) is 0.322. The number of thiocarbonyl (C=S) groups is 3. The Morgan fingerprint density at radius 2 is 0.714 bits per heavy atom. The van der Waals surface area contributed by atoms with Crippen LogP contribution in [-0.4, -0.2) is 36.6 Å². The zero-order valence-corrected chi connectivity index (χ0v) is 19.6. The standard InChI is InChI=1S/3C7H6OS.Sb/c3*8-7(9)6-4-2-1-3-5-6;/h3*1-5H,(H,8,9);/q;;;+3/p-3. The summed E-state index contributed by atoms with van der Waals surface area (Å²) in [7, 11) is 0. The van der Waals surface area contributed by atoms with Crippen molar-refractivity contribution >= 4 is 73.3 Å². The summed E-state index contributed by atoms with van der Waals surface area (Å²) in [6, 6.07) is 28.2. The van der Waals surface area contributed by atoms with Crippen molar-refractivity contribution in [1.29, 1.82) is 0 Å². The van der Waals surface area contributed by atoms with Crippen molar-refractivity contribution in [3.8, 4) is 0 Å². The van der Waals surface area contributed by atoms with Gasteiger partial charge in [0.25, 0.3) is 0 Å². The van der Waals surface area contributed by atoms with E-state index in [1.807, 2.05) is 91.0 Å². The fraction of sp³-hybridized carbons (Fsp3) is 0. The molecule has 0 aliphatic rings. The van der Waals surface area contributed by atoms with Crippen molar-refractivity contribution in [3.05, 3.63) is 108 Å². The second kappa shape index (κ2) is 10.6. The van der Waals surface area contributed by atoms with Crippen molar-refractivity contribution < 1.29 is 9.05 Å². The Morgan fingerprint density at radius 1 is 0.464 bits per heavy atom. The van der Waals surface area contributed by atoms with Gasteiger partial charge in [0.15, 0.2) is 0 Å². The van der Waals surface area contributed by atoms with Crippen LogP contribution in [0.4, 0.5) is 0 Å². The molecule has 3 nitrogen and oxygen atoms in total. The first-order valence-electron chi connectivity index (χ1n) is 8.25. The van der Waals surface area contributed by atoms with E-state index in [1.165, 1.54) is 0 Å². The first-order valence-corrected chi connectivity index (χ1v) is 12.6. The predicted molar refractivity (Wildman–Crippen MR) is 123 cm³/mol. The van der Waals surface area contributed by atoms with Crippen LogP contribution in [0.1, 0.15) is 16.7 Å². The number of hydrogen-bond donors (Lipinski definition) is 0. The van der Waals surface area contributed by atoms with E-state index in [1.54, 1.807) is 0 Å². The maximum absolute atomic E-state index is 5.92. The summed E-state index contributed by atoms with van der Waals surface area (Å²) in [5.74, 6) is 0. The molecule has 0 saturated heterocycles. The van der Waals surface area contributed by atoms with Crippen molar-refractivity contribution in [2.24, 2.45) is 0 Å². The van der Waals surface area contributed by atoms with E-state index < -0.39 is 21.5 Å². The van der Waals surface area contributed by atoms with Crippen molar-refractivity contribution in [2.45, 2.75) is 0 Å². The van der Waals surface area contributed by atoms with E-state index in [9.17, 15) is 0 Å². The van der Waals surface area contributed by atoms with Gasteiger partial charge in [0.2, 0.25) is 0 Å². The molecule has 0 aliphatic heterocycles. The fourth-order valence-electron chi connectivity index (χ4n) is 2.14. The number of rotatable bonds is 6. The van der Waals surface area contributed by atoms with E-state index in [2.05, 4.69) is 0 Å². The zero-order valence-electron chi connectivity index (χ0n) is 14.6. The van der Waals surface area contributed by atoms with Crippen LogP contribution in [0.15, 0.2) is 91.0 Å². The normalized spacial score (nSPS) is 10.2. The summed E-state index contributed by atoms with van der Waals surface area (Å²) in [4.78, 5) is 0. The van der Waals surface area contributed by atoms with Crippen LogP contribution in [-0.2, 0) is 9.05 Å². The van der Waals surface area contributed by atoms with Gasteiger partial charge in [0.05, 0.1) is 0 Å². The molecule has 0 fully saturated rings. The molecule has 0 aliphatic carbocycles. The molecule has 7 heteroatoms. The van der Waals surface area contributed by atoms with E-state index in [0.29, 0.717) is 15.2 Å². The molecule has 0 unspecified atom stereocenters. The minimum atomic E-state index is -3.36. The predicted octanol–water partition coefficient (Wildman–Crippen LogP) is 5.15. The molecule has 0 saturated carbocycles. The van der Waals surface area contributed by atoms with E-state index in [-0.39, 0.29) is 0 Å². The molecule has 0 atom stereocenters. The molecule has 0 bridgehead atoms. The molecule has 140 valence electrons. The summed E-state index contributed by atoms with van der Waals surface area (Å²) < 4.78 is 17.7. The first-order chi connectivity index (χ1) is 13.6. The van der Waals surface area contributed by atoms with Crippen LogP contribution in [0.25, 0.3) is 0 Å². The van der Waals surface area contributed by atoms with Gasteiger partial charge >= 0.3 is 190 Å². The summed E-state index contributed by atoms with van der Waals surface area (Å²) in [5.41, 5.74) is 2.32. The Kier molecular flexibility index (Phi) is 7.92. The van der Waals surface area contributed by atoms with Crippen LogP contribution in [0.5, 0.6) is 0 Å². The van der Waals surface area contributed by atoms with Crippen LogP contribution in [0.3, 0.4) is 0 Å². The molecule has 0 spiro atoms. The molecule has 28 heavy (non-hydrogen) atoms. The van der Waals surface area contributed by atoms with Gasteiger partial charge in [-0.05, 0) is 0 Å². The second-order valence-electron chi connectivity index (χ2n) is 5.46. The summed E-state index contributed by atoms with van der Waals surface area (Å²) >= 11 is 12.9. The van der Waals surface area contributed by atoms with Gasteiger partial charge in [0.1, 0.15) is 0 Å². The Hall–Kier alpha value is -1.85. The molecule has 0 amide bonds. The summed E-state index contributed by atoms with van der Waals surface area (Å²) in [6.07, 6.45) is 0. The zero-order chi connectivity index (χ0) is 19.8. The van der Waals surface area contributed by atoms with Gasteiger partial charge < -0.3 is 0 Å². The van der Waals surface area contributed by atoms with Crippen LogP contribution < -0.4 is 0 Å². The van der Waals surface area contributed by atoms with Gasteiger partial charge in [-0.1, -0.05) is 0 Å². The van der Waals surface area contributed by atoms with Gasteiger partial charge in [-0.25, -0.2) is 0 Å². The molecule has 0 aromatic heterocycles. The van der Waals surface area contributed by atoms with Crippen LogP contribution >= 0.6 is 36.7 Å². The Balaban J connectivity index is 1.76. The Labute approximate surface area is 188 Å². The Bertz CT molecular complexity index is 823. The topological polar surface area (TPSA) is 27.7 Å². The van der Waals surface area contributed by atoms with Gasteiger partial charge in [-0.15, -0.1) is 0 Å². The summed E-state index contributed by atoms with van der Waals surface area (Å²) in [6.45, 7) is 0. The number of hydrogen-bond acceptors (Lipinski definition) is 6. The third kappa shape index (κ3) is 6.08. The molecular weight excluding hydrogens is 518 g/mol. The molecule has 0 heterocycles. The van der Waals surface area contributed by atoms with E-state index in [0.717, 1.165) is 16.7 Å². The van der Waals surface area contributed by atoms with Crippen LogP contribution in [0, 0.1) is 0 Å². The van der Waals surface area contributed by atoms with Gasteiger partial charge in [0, 0.05) is 0 Å². The van der Waals surface area contributed by atoms with Crippen molar-refractivity contribution in [3.63, 3.8) is 0 Å². The average Bonchev–Trinajstić information content (AvgIpc) is 2.75. The minimum absolute atomic E-state index is 0.301.